The van der Waals surface area contributed by atoms with Crippen molar-refractivity contribution >= 4 is 6.09 Å². The molecule has 1 atom stereocenters. The van der Waals surface area contributed by atoms with E-state index in [2.05, 4.69) is 5.32 Å². The number of carboxylic acid groups (broad SMARTS) is 1. The zero-order valence-corrected chi connectivity index (χ0v) is 5.74. The van der Waals surface area contributed by atoms with E-state index in [4.69, 9.17) is 10.2 Å². The second-order valence-corrected chi connectivity index (χ2v) is 1.85. The summed E-state index contributed by atoms with van der Waals surface area (Å²) in [5, 5.41) is 18.7. The molecule has 0 saturated heterocycles. The first kappa shape index (κ1) is 8.97. The molecule has 0 fully saturated rings. The molecule has 0 heterocycles. The summed E-state index contributed by atoms with van der Waals surface area (Å²) in [6.07, 6.45) is 2.00. The fraction of sp³-hybridized carbons (Fsp3) is 0.500. The van der Waals surface area contributed by atoms with Crippen molar-refractivity contribution < 1.29 is 15.0 Å². The summed E-state index contributed by atoms with van der Waals surface area (Å²) in [4.78, 5) is 9.97. The van der Waals surface area contributed by atoms with E-state index in [-0.39, 0.29) is 12.6 Å². The lowest BCUT2D eigenvalue weighted by molar-refractivity contribution is 0.192. The van der Waals surface area contributed by atoms with Crippen LogP contribution in [-0.4, -0.2) is 29.0 Å². The van der Waals surface area contributed by atoms with Crippen LogP contribution in [-0.2, 0) is 0 Å². The Morgan fingerprint density at radius 2 is 2.40 bits per heavy atom. The van der Waals surface area contributed by atoms with Crippen LogP contribution < -0.4 is 5.32 Å². The molecule has 0 aromatic carbocycles. The fourth-order valence-electron chi connectivity index (χ4n) is 0.508. The van der Waals surface area contributed by atoms with Gasteiger partial charge in [0.15, 0.2) is 0 Å². The predicted octanol–water partition coefficient (Wildman–Crippen LogP) is 0.191. The number of aliphatic hydroxyl groups excluding tert-OH is 1. The van der Waals surface area contributed by atoms with Crippen LogP contribution in [0.15, 0.2) is 12.2 Å². The van der Waals surface area contributed by atoms with Gasteiger partial charge in [-0.05, 0) is 6.92 Å². The summed E-state index contributed by atoms with van der Waals surface area (Å²) in [5.41, 5.74) is 0. The van der Waals surface area contributed by atoms with Crippen molar-refractivity contribution in [2.45, 2.75) is 13.0 Å². The normalized spacial score (nSPS) is 13.4. The SMILES string of the molecule is CC(/C=C/CO)NC(=O)O. The molecular weight excluding hydrogens is 134 g/mol. The number of hydrogen-bond acceptors (Lipinski definition) is 2. The third-order valence-corrected chi connectivity index (χ3v) is 0.881. The molecule has 0 saturated carbocycles. The second-order valence-electron chi connectivity index (χ2n) is 1.85. The molecule has 0 radical (unpaired) electrons. The van der Waals surface area contributed by atoms with Crippen molar-refractivity contribution in [1.82, 2.24) is 5.32 Å². The highest BCUT2D eigenvalue weighted by atomic mass is 16.4. The van der Waals surface area contributed by atoms with Crippen molar-refractivity contribution in [2.24, 2.45) is 0 Å². The molecule has 4 heteroatoms. The van der Waals surface area contributed by atoms with Crippen molar-refractivity contribution in [3.05, 3.63) is 12.2 Å². The number of carbonyl (C=O) groups is 1. The maximum Gasteiger partial charge on any atom is 0.405 e. The largest absolute Gasteiger partial charge is 0.465 e. The predicted molar refractivity (Wildman–Crippen MR) is 36.8 cm³/mol. The van der Waals surface area contributed by atoms with Gasteiger partial charge in [0.1, 0.15) is 0 Å². The van der Waals surface area contributed by atoms with Gasteiger partial charge in [0.2, 0.25) is 0 Å². The van der Waals surface area contributed by atoms with Gasteiger partial charge in [0.05, 0.1) is 6.61 Å². The molecule has 0 aliphatic carbocycles. The number of amides is 1. The van der Waals surface area contributed by atoms with E-state index in [1.165, 1.54) is 6.08 Å². The van der Waals surface area contributed by atoms with Crippen LogP contribution in [0.3, 0.4) is 0 Å². The molecule has 1 unspecified atom stereocenters. The Kier molecular flexibility index (Phi) is 4.32. The van der Waals surface area contributed by atoms with Crippen LogP contribution >= 0.6 is 0 Å². The summed E-state index contributed by atoms with van der Waals surface area (Å²) in [6, 6.07) is -0.246. The lowest BCUT2D eigenvalue weighted by Gasteiger charge is -2.03. The van der Waals surface area contributed by atoms with Gasteiger partial charge in [-0.25, -0.2) is 4.79 Å². The number of aliphatic hydroxyl groups is 1. The Balaban J connectivity index is 3.52. The summed E-state index contributed by atoms with van der Waals surface area (Å²) in [5.74, 6) is 0. The molecule has 58 valence electrons. The maximum absolute atomic E-state index is 9.97. The smallest absolute Gasteiger partial charge is 0.405 e. The summed E-state index contributed by atoms with van der Waals surface area (Å²) in [7, 11) is 0. The van der Waals surface area contributed by atoms with Crippen LogP contribution in [0.1, 0.15) is 6.92 Å². The van der Waals surface area contributed by atoms with Crippen LogP contribution in [0.5, 0.6) is 0 Å². The Labute approximate surface area is 59.2 Å². The standard InChI is InChI=1S/C6H11NO3/c1-5(3-2-4-8)7-6(9)10/h2-3,5,7-8H,4H2,1H3,(H,9,10)/b3-2+. The van der Waals surface area contributed by atoms with Gasteiger partial charge >= 0.3 is 6.09 Å². The lowest BCUT2D eigenvalue weighted by atomic mass is 10.3. The molecule has 3 N–H and O–H groups in total. The summed E-state index contributed by atoms with van der Waals surface area (Å²) >= 11 is 0. The van der Waals surface area contributed by atoms with E-state index in [1.54, 1.807) is 13.0 Å². The third-order valence-electron chi connectivity index (χ3n) is 0.881. The average molecular weight is 145 g/mol. The molecule has 10 heavy (non-hydrogen) atoms. The van der Waals surface area contributed by atoms with Crippen LogP contribution in [0.2, 0.25) is 0 Å². The van der Waals surface area contributed by atoms with Gasteiger partial charge in [-0.15, -0.1) is 0 Å². The number of hydrogen-bond donors (Lipinski definition) is 3. The van der Waals surface area contributed by atoms with E-state index >= 15 is 0 Å². The van der Waals surface area contributed by atoms with E-state index in [9.17, 15) is 4.79 Å². The topological polar surface area (TPSA) is 69.6 Å². The summed E-state index contributed by atoms with van der Waals surface area (Å²) in [6.45, 7) is 1.62. The van der Waals surface area contributed by atoms with E-state index in [0.717, 1.165) is 0 Å². The first-order valence-electron chi connectivity index (χ1n) is 2.93. The van der Waals surface area contributed by atoms with E-state index in [1.807, 2.05) is 0 Å². The minimum atomic E-state index is -1.06. The summed E-state index contributed by atoms with van der Waals surface area (Å²) < 4.78 is 0. The maximum atomic E-state index is 9.97. The van der Waals surface area contributed by atoms with Gasteiger partial charge in [0, 0.05) is 6.04 Å². The highest BCUT2D eigenvalue weighted by molar-refractivity contribution is 5.65. The molecule has 0 aliphatic rings. The van der Waals surface area contributed by atoms with Crippen molar-refractivity contribution in [1.29, 1.82) is 0 Å². The molecule has 0 rings (SSSR count). The minimum absolute atomic E-state index is 0.0639. The molecular formula is C6H11NO3. The van der Waals surface area contributed by atoms with Gasteiger partial charge in [0.25, 0.3) is 0 Å². The molecule has 0 spiro atoms. The Bertz CT molecular complexity index is 133. The van der Waals surface area contributed by atoms with Crippen molar-refractivity contribution in [2.75, 3.05) is 6.61 Å². The average Bonchev–Trinajstić information content (AvgIpc) is 1.82. The highest BCUT2D eigenvalue weighted by Gasteiger charge is 1.98. The minimum Gasteiger partial charge on any atom is -0.465 e. The Hall–Kier alpha value is -1.03. The number of nitrogens with one attached hydrogen (secondary N) is 1. The Morgan fingerprint density at radius 1 is 1.80 bits per heavy atom. The molecule has 0 aromatic heterocycles. The quantitative estimate of drug-likeness (QED) is 0.496. The lowest BCUT2D eigenvalue weighted by Crippen LogP contribution is -2.29. The first-order chi connectivity index (χ1) is 4.66. The fourth-order valence-corrected chi connectivity index (χ4v) is 0.508. The second kappa shape index (κ2) is 4.81. The van der Waals surface area contributed by atoms with Gasteiger partial charge < -0.3 is 15.5 Å². The molecule has 1 amide bonds. The Morgan fingerprint density at radius 3 is 2.80 bits per heavy atom. The number of rotatable bonds is 3. The van der Waals surface area contributed by atoms with E-state index < -0.39 is 6.09 Å². The molecule has 0 aliphatic heterocycles. The van der Waals surface area contributed by atoms with Crippen LogP contribution in [0.4, 0.5) is 4.79 Å². The van der Waals surface area contributed by atoms with Crippen LogP contribution in [0, 0.1) is 0 Å². The highest BCUT2D eigenvalue weighted by Crippen LogP contribution is 1.83. The van der Waals surface area contributed by atoms with Crippen molar-refractivity contribution in [3.63, 3.8) is 0 Å². The third kappa shape index (κ3) is 5.11. The first-order valence-corrected chi connectivity index (χ1v) is 2.93. The van der Waals surface area contributed by atoms with Crippen molar-refractivity contribution in [3.8, 4) is 0 Å². The zero-order valence-electron chi connectivity index (χ0n) is 5.74. The molecule has 4 nitrogen and oxygen atoms in total. The zero-order chi connectivity index (χ0) is 7.98. The monoisotopic (exact) mass is 145 g/mol. The van der Waals surface area contributed by atoms with E-state index in [0.29, 0.717) is 0 Å². The van der Waals surface area contributed by atoms with Gasteiger partial charge in [-0.1, -0.05) is 12.2 Å². The van der Waals surface area contributed by atoms with Crippen LogP contribution in [0.25, 0.3) is 0 Å². The van der Waals surface area contributed by atoms with Gasteiger partial charge in [-0.2, -0.15) is 0 Å². The molecule has 0 bridgehead atoms. The van der Waals surface area contributed by atoms with Gasteiger partial charge in [-0.3, -0.25) is 0 Å². The molecule has 0 aromatic rings.